The number of nitrogens with zero attached hydrogens (tertiary/aromatic N) is 2. The van der Waals surface area contributed by atoms with Crippen molar-refractivity contribution in [3.8, 4) is 17.0 Å². The number of aromatic nitrogens is 2. The fourth-order valence-corrected chi connectivity index (χ4v) is 2.52. The number of nitrogens with one attached hydrogen (secondary N) is 1. The minimum atomic E-state index is -0.407. The highest BCUT2D eigenvalue weighted by molar-refractivity contribution is 6.03. The van der Waals surface area contributed by atoms with Crippen LogP contribution in [0.4, 0.5) is 10.1 Å². The number of rotatable bonds is 5. The van der Waals surface area contributed by atoms with Crippen molar-refractivity contribution >= 4 is 11.6 Å². The van der Waals surface area contributed by atoms with Crippen LogP contribution in [0.25, 0.3) is 11.3 Å². The first-order valence-electron chi connectivity index (χ1n) is 7.90. The van der Waals surface area contributed by atoms with Gasteiger partial charge in [0.2, 0.25) is 0 Å². The Morgan fingerprint density at radius 2 is 1.96 bits per heavy atom. The molecule has 6 heteroatoms. The molecule has 1 amide bonds. The molecule has 25 heavy (non-hydrogen) atoms. The van der Waals surface area contributed by atoms with E-state index in [1.165, 1.54) is 12.1 Å². The summed E-state index contributed by atoms with van der Waals surface area (Å²) in [7, 11) is 1.61. The quantitative estimate of drug-likeness (QED) is 0.765. The summed E-state index contributed by atoms with van der Waals surface area (Å²) in [6.07, 6.45) is 0. The maximum atomic E-state index is 13.2. The highest BCUT2D eigenvalue weighted by atomic mass is 19.1. The van der Waals surface area contributed by atoms with Gasteiger partial charge in [-0.25, -0.2) is 4.39 Å². The topological polar surface area (TPSA) is 56.2 Å². The molecule has 0 fully saturated rings. The standard InChI is InChI=1S/C19H18FN3O2/c1-3-23-18(13-7-9-16(25-2)10-8-13)12-17(22-23)19(24)21-15-6-4-5-14(20)11-15/h4-12H,3H2,1-2H3,(H,21,24). The summed E-state index contributed by atoms with van der Waals surface area (Å²) in [5, 5.41) is 7.00. The summed E-state index contributed by atoms with van der Waals surface area (Å²) in [6, 6.07) is 15.0. The number of halogens is 1. The zero-order valence-electron chi connectivity index (χ0n) is 14.0. The molecule has 3 aromatic rings. The average Bonchev–Trinajstić information content (AvgIpc) is 3.06. The lowest BCUT2D eigenvalue weighted by Gasteiger charge is -2.05. The largest absolute Gasteiger partial charge is 0.497 e. The molecule has 0 aliphatic carbocycles. The van der Waals surface area contributed by atoms with Crippen LogP contribution in [0.15, 0.2) is 54.6 Å². The van der Waals surface area contributed by atoms with Gasteiger partial charge >= 0.3 is 0 Å². The number of amides is 1. The summed E-state index contributed by atoms with van der Waals surface area (Å²) < 4.78 is 20.2. The molecule has 1 heterocycles. The second-order valence-corrected chi connectivity index (χ2v) is 5.42. The van der Waals surface area contributed by atoms with Gasteiger partial charge < -0.3 is 10.1 Å². The highest BCUT2D eigenvalue weighted by Crippen LogP contribution is 2.24. The predicted octanol–water partition coefficient (Wildman–Crippen LogP) is 3.97. The van der Waals surface area contributed by atoms with E-state index in [-0.39, 0.29) is 11.6 Å². The van der Waals surface area contributed by atoms with Crippen molar-refractivity contribution in [2.45, 2.75) is 13.5 Å². The Labute approximate surface area is 145 Å². The molecular weight excluding hydrogens is 321 g/mol. The Bertz CT molecular complexity index is 888. The van der Waals surface area contributed by atoms with E-state index in [9.17, 15) is 9.18 Å². The van der Waals surface area contributed by atoms with Crippen LogP contribution in [0.1, 0.15) is 17.4 Å². The normalized spacial score (nSPS) is 10.5. The van der Waals surface area contributed by atoms with Gasteiger partial charge in [0.15, 0.2) is 5.69 Å². The molecule has 3 rings (SSSR count). The zero-order valence-corrected chi connectivity index (χ0v) is 14.0. The van der Waals surface area contributed by atoms with Crippen molar-refractivity contribution in [3.63, 3.8) is 0 Å². The third-order valence-electron chi connectivity index (χ3n) is 3.78. The molecule has 0 radical (unpaired) electrons. The van der Waals surface area contributed by atoms with Crippen molar-refractivity contribution in [1.29, 1.82) is 0 Å². The van der Waals surface area contributed by atoms with Crippen molar-refractivity contribution in [3.05, 3.63) is 66.1 Å². The van der Waals surface area contributed by atoms with Crippen LogP contribution in [-0.2, 0) is 6.54 Å². The molecule has 0 bridgehead atoms. The van der Waals surface area contributed by atoms with E-state index in [1.54, 1.807) is 30.0 Å². The smallest absolute Gasteiger partial charge is 0.276 e. The third kappa shape index (κ3) is 3.68. The van der Waals surface area contributed by atoms with Crippen LogP contribution in [0.3, 0.4) is 0 Å². The fraction of sp³-hybridized carbons (Fsp3) is 0.158. The molecule has 0 unspecified atom stereocenters. The Morgan fingerprint density at radius 1 is 1.20 bits per heavy atom. The maximum Gasteiger partial charge on any atom is 0.276 e. The number of anilines is 1. The summed E-state index contributed by atoms with van der Waals surface area (Å²) >= 11 is 0. The van der Waals surface area contributed by atoms with Crippen LogP contribution in [0.2, 0.25) is 0 Å². The minimum Gasteiger partial charge on any atom is -0.497 e. The third-order valence-corrected chi connectivity index (χ3v) is 3.78. The molecule has 0 saturated carbocycles. The molecule has 5 nitrogen and oxygen atoms in total. The number of ether oxygens (including phenoxy) is 1. The Balaban J connectivity index is 1.87. The SMILES string of the molecule is CCn1nc(C(=O)Nc2cccc(F)c2)cc1-c1ccc(OC)cc1. The molecule has 1 N–H and O–H groups in total. The molecule has 0 aliphatic rings. The fourth-order valence-electron chi connectivity index (χ4n) is 2.52. The molecule has 0 atom stereocenters. The van der Waals surface area contributed by atoms with Crippen LogP contribution < -0.4 is 10.1 Å². The zero-order chi connectivity index (χ0) is 17.8. The first kappa shape index (κ1) is 16.7. The van der Waals surface area contributed by atoms with Gasteiger partial charge in [0.1, 0.15) is 11.6 Å². The lowest BCUT2D eigenvalue weighted by Crippen LogP contribution is -2.13. The first-order chi connectivity index (χ1) is 12.1. The molecule has 128 valence electrons. The van der Waals surface area contributed by atoms with E-state index in [0.29, 0.717) is 12.2 Å². The second kappa shape index (κ2) is 7.17. The molecule has 0 aliphatic heterocycles. The summed E-state index contributed by atoms with van der Waals surface area (Å²) in [5.74, 6) is -0.0289. The van der Waals surface area contributed by atoms with Crippen molar-refractivity contribution in [1.82, 2.24) is 9.78 Å². The Hall–Kier alpha value is -3.15. The first-order valence-corrected chi connectivity index (χ1v) is 7.90. The summed E-state index contributed by atoms with van der Waals surface area (Å²) in [6.45, 7) is 2.57. The van der Waals surface area contributed by atoms with E-state index in [0.717, 1.165) is 17.0 Å². The molecular formula is C19H18FN3O2. The second-order valence-electron chi connectivity index (χ2n) is 5.42. The van der Waals surface area contributed by atoms with Crippen LogP contribution >= 0.6 is 0 Å². The van der Waals surface area contributed by atoms with Crippen LogP contribution in [0, 0.1) is 5.82 Å². The van der Waals surface area contributed by atoms with Gasteiger partial charge in [0, 0.05) is 17.8 Å². The number of benzene rings is 2. The van der Waals surface area contributed by atoms with E-state index >= 15 is 0 Å². The van der Waals surface area contributed by atoms with E-state index < -0.39 is 5.82 Å². The number of methoxy groups -OCH3 is 1. The number of carbonyl (C=O) groups excluding carboxylic acids is 1. The van der Waals surface area contributed by atoms with E-state index in [2.05, 4.69) is 10.4 Å². The van der Waals surface area contributed by atoms with E-state index in [1.807, 2.05) is 31.2 Å². The summed E-state index contributed by atoms with van der Waals surface area (Å²) in [4.78, 5) is 12.4. The van der Waals surface area contributed by atoms with Gasteiger partial charge in [-0.2, -0.15) is 5.10 Å². The summed E-state index contributed by atoms with van der Waals surface area (Å²) in [5.41, 5.74) is 2.42. The molecule has 0 spiro atoms. The number of aryl methyl sites for hydroxylation is 1. The van der Waals surface area contributed by atoms with Crippen molar-refractivity contribution in [2.75, 3.05) is 12.4 Å². The maximum absolute atomic E-state index is 13.2. The number of hydrogen-bond donors (Lipinski definition) is 1. The average molecular weight is 339 g/mol. The monoisotopic (exact) mass is 339 g/mol. The molecule has 2 aromatic carbocycles. The van der Waals surface area contributed by atoms with Gasteiger partial charge in [0.05, 0.1) is 12.8 Å². The van der Waals surface area contributed by atoms with Crippen molar-refractivity contribution in [2.24, 2.45) is 0 Å². The molecule has 1 aromatic heterocycles. The minimum absolute atomic E-state index is 0.275. The van der Waals surface area contributed by atoms with Gasteiger partial charge in [-0.05, 0) is 55.5 Å². The lowest BCUT2D eigenvalue weighted by molar-refractivity contribution is 0.102. The Morgan fingerprint density at radius 3 is 2.60 bits per heavy atom. The van der Waals surface area contributed by atoms with Gasteiger partial charge in [-0.3, -0.25) is 9.48 Å². The lowest BCUT2D eigenvalue weighted by atomic mass is 10.1. The Kier molecular flexibility index (Phi) is 4.79. The number of hydrogen-bond acceptors (Lipinski definition) is 3. The number of carbonyl (C=O) groups is 1. The van der Waals surface area contributed by atoms with Gasteiger partial charge in [-0.15, -0.1) is 0 Å². The van der Waals surface area contributed by atoms with E-state index in [4.69, 9.17) is 4.74 Å². The van der Waals surface area contributed by atoms with Gasteiger partial charge in [0.25, 0.3) is 5.91 Å². The van der Waals surface area contributed by atoms with Crippen LogP contribution in [0.5, 0.6) is 5.75 Å². The van der Waals surface area contributed by atoms with Gasteiger partial charge in [-0.1, -0.05) is 6.07 Å². The molecule has 0 saturated heterocycles. The highest BCUT2D eigenvalue weighted by Gasteiger charge is 2.15. The van der Waals surface area contributed by atoms with Crippen LogP contribution in [-0.4, -0.2) is 22.8 Å². The van der Waals surface area contributed by atoms with Crippen molar-refractivity contribution < 1.29 is 13.9 Å². The predicted molar refractivity (Wildman–Crippen MR) is 94.2 cm³/mol.